The van der Waals surface area contributed by atoms with Crippen LogP contribution in [0, 0.1) is 5.82 Å². The number of nitrogens with zero attached hydrogens (tertiary/aromatic N) is 1. The van der Waals surface area contributed by atoms with E-state index in [4.69, 9.17) is 4.74 Å². The van der Waals surface area contributed by atoms with Gasteiger partial charge in [0.25, 0.3) is 5.91 Å². The quantitative estimate of drug-likeness (QED) is 0.841. The number of sulfonamides is 1. The Morgan fingerprint density at radius 1 is 1.40 bits per heavy atom. The minimum absolute atomic E-state index is 0.112. The van der Waals surface area contributed by atoms with Crippen LogP contribution in [0.25, 0.3) is 0 Å². The summed E-state index contributed by atoms with van der Waals surface area (Å²) in [5.74, 6) is -0.437. The van der Waals surface area contributed by atoms with E-state index >= 15 is 0 Å². The van der Waals surface area contributed by atoms with E-state index in [0.717, 1.165) is 12.0 Å². The van der Waals surface area contributed by atoms with Crippen molar-refractivity contribution >= 4 is 15.9 Å². The molecule has 8 heteroatoms. The molecule has 6 nitrogen and oxygen atoms in total. The molecule has 2 fully saturated rings. The van der Waals surface area contributed by atoms with Crippen LogP contribution in [0.3, 0.4) is 0 Å². The fourth-order valence-electron chi connectivity index (χ4n) is 3.47. The number of hydrogen-bond acceptors (Lipinski definition) is 4. The number of likely N-dealkylation sites (N-methyl/N-ethyl adjacent to an activating group) is 1. The minimum atomic E-state index is -3.19. The Labute approximate surface area is 147 Å². The second-order valence-corrected chi connectivity index (χ2v) is 8.88. The van der Waals surface area contributed by atoms with Crippen molar-refractivity contribution in [2.45, 2.75) is 37.3 Å². The molecule has 2 aliphatic rings. The summed E-state index contributed by atoms with van der Waals surface area (Å²) in [5, 5.41) is 2.86. The first-order valence-electron chi connectivity index (χ1n) is 8.45. The van der Waals surface area contributed by atoms with Crippen LogP contribution >= 0.6 is 0 Å². The van der Waals surface area contributed by atoms with E-state index in [1.807, 2.05) is 0 Å². The summed E-state index contributed by atoms with van der Waals surface area (Å²) in [4.78, 5) is 12.8. The molecule has 0 spiro atoms. The van der Waals surface area contributed by atoms with Crippen molar-refractivity contribution in [1.82, 2.24) is 9.62 Å². The van der Waals surface area contributed by atoms with Gasteiger partial charge in [-0.25, -0.2) is 17.1 Å². The van der Waals surface area contributed by atoms with Crippen molar-refractivity contribution < 1.29 is 22.3 Å². The third kappa shape index (κ3) is 3.86. The first-order valence-corrected chi connectivity index (χ1v) is 10.1. The number of amides is 1. The molecule has 3 rings (SSSR count). The largest absolute Gasteiger partial charge is 0.365 e. The van der Waals surface area contributed by atoms with E-state index < -0.39 is 15.6 Å². The number of nitrogens with one attached hydrogen (secondary N) is 1. The SMILES string of the molecule is CN1C(CNC(=O)C2(Cc3ccc(F)cc3)CCCO2)CCS1(=O)=O. The van der Waals surface area contributed by atoms with Crippen LogP contribution in [-0.4, -0.2) is 56.2 Å². The highest BCUT2D eigenvalue weighted by Crippen LogP contribution is 2.30. The smallest absolute Gasteiger partial charge is 0.252 e. The van der Waals surface area contributed by atoms with Crippen LogP contribution < -0.4 is 5.32 Å². The molecule has 0 saturated carbocycles. The van der Waals surface area contributed by atoms with Crippen molar-refractivity contribution in [2.24, 2.45) is 0 Å². The molecule has 2 unspecified atom stereocenters. The number of rotatable bonds is 5. The van der Waals surface area contributed by atoms with Gasteiger partial charge in [0.2, 0.25) is 10.0 Å². The summed E-state index contributed by atoms with van der Waals surface area (Å²) in [6.45, 7) is 0.773. The lowest BCUT2D eigenvalue weighted by Gasteiger charge is -2.28. The molecule has 0 radical (unpaired) electrons. The Morgan fingerprint density at radius 3 is 2.68 bits per heavy atom. The average molecular weight is 370 g/mol. The van der Waals surface area contributed by atoms with Crippen molar-refractivity contribution in [2.75, 3.05) is 26.0 Å². The van der Waals surface area contributed by atoms with Gasteiger partial charge in [-0.2, -0.15) is 0 Å². The molecule has 2 atom stereocenters. The van der Waals surface area contributed by atoms with Gasteiger partial charge in [0.05, 0.1) is 5.75 Å². The first kappa shape index (κ1) is 18.3. The highest BCUT2D eigenvalue weighted by Gasteiger charge is 2.43. The fourth-order valence-corrected chi connectivity index (χ4v) is 4.96. The zero-order chi connectivity index (χ0) is 18.1. The van der Waals surface area contributed by atoms with Crippen LogP contribution in [-0.2, 0) is 26.0 Å². The van der Waals surface area contributed by atoms with Gasteiger partial charge < -0.3 is 10.1 Å². The molecule has 1 aromatic carbocycles. The average Bonchev–Trinajstić information content (AvgIpc) is 3.15. The van der Waals surface area contributed by atoms with Crippen LogP contribution in [0.15, 0.2) is 24.3 Å². The van der Waals surface area contributed by atoms with E-state index in [1.54, 1.807) is 19.2 Å². The predicted octanol–water partition coefficient (Wildman–Crippen LogP) is 1.07. The van der Waals surface area contributed by atoms with Crippen molar-refractivity contribution in [1.29, 1.82) is 0 Å². The molecular formula is C17H23FN2O4S. The first-order chi connectivity index (χ1) is 11.8. The van der Waals surface area contributed by atoms with Gasteiger partial charge in [-0.05, 0) is 37.0 Å². The molecule has 0 bridgehead atoms. The van der Waals surface area contributed by atoms with E-state index in [9.17, 15) is 17.6 Å². The molecular weight excluding hydrogens is 347 g/mol. The van der Waals surface area contributed by atoms with Crippen molar-refractivity contribution in [3.05, 3.63) is 35.6 Å². The summed E-state index contributed by atoms with van der Waals surface area (Å²) < 4.78 is 43.7. The summed E-state index contributed by atoms with van der Waals surface area (Å²) in [7, 11) is -1.65. The van der Waals surface area contributed by atoms with Gasteiger partial charge in [-0.15, -0.1) is 0 Å². The Kier molecular flexibility index (Phi) is 5.13. The molecule has 25 heavy (non-hydrogen) atoms. The zero-order valence-electron chi connectivity index (χ0n) is 14.2. The van der Waals surface area contributed by atoms with Crippen LogP contribution in [0.4, 0.5) is 4.39 Å². The van der Waals surface area contributed by atoms with Gasteiger partial charge in [0, 0.05) is 32.7 Å². The van der Waals surface area contributed by atoms with Crippen LogP contribution in [0.5, 0.6) is 0 Å². The third-order valence-electron chi connectivity index (χ3n) is 5.08. The monoisotopic (exact) mass is 370 g/mol. The fraction of sp³-hybridized carbons (Fsp3) is 0.588. The number of halogens is 1. The normalized spacial score (nSPS) is 29.0. The number of hydrogen-bond donors (Lipinski definition) is 1. The molecule has 1 amide bonds. The number of carbonyl (C=O) groups is 1. The standard InChI is InChI=1S/C17H23FN2O4S/c1-20-15(7-10-25(20,22)23)12-19-16(21)17(8-2-9-24-17)11-13-3-5-14(18)6-4-13/h3-6,15H,2,7-12H2,1H3,(H,19,21). The number of ether oxygens (including phenoxy) is 1. The highest BCUT2D eigenvalue weighted by atomic mass is 32.2. The van der Waals surface area contributed by atoms with Gasteiger partial charge in [0.15, 0.2) is 5.60 Å². The highest BCUT2D eigenvalue weighted by molar-refractivity contribution is 7.89. The lowest BCUT2D eigenvalue weighted by molar-refractivity contribution is -0.141. The number of benzene rings is 1. The Hall–Kier alpha value is -1.51. The second kappa shape index (κ2) is 7.01. The van der Waals surface area contributed by atoms with Gasteiger partial charge in [0.1, 0.15) is 5.82 Å². The third-order valence-corrected chi connectivity index (χ3v) is 7.01. The Morgan fingerprint density at radius 2 is 2.12 bits per heavy atom. The maximum absolute atomic E-state index is 13.1. The number of carbonyl (C=O) groups excluding carboxylic acids is 1. The maximum atomic E-state index is 13.1. The zero-order valence-corrected chi connectivity index (χ0v) is 15.0. The summed E-state index contributed by atoms with van der Waals surface area (Å²) in [5.41, 5.74) is -0.132. The summed E-state index contributed by atoms with van der Waals surface area (Å²) in [6, 6.07) is 5.83. The topological polar surface area (TPSA) is 75.7 Å². The Bertz CT molecular complexity index is 730. The molecule has 2 heterocycles. The molecule has 1 N–H and O–H groups in total. The van der Waals surface area contributed by atoms with E-state index in [0.29, 0.717) is 25.9 Å². The minimum Gasteiger partial charge on any atom is -0.365 e. The summed E-state index contributed by atoms with van der Waals surface area (Å²) >= 11 is 0. The molecule has 1 aromatic rings. The van der Waals surface area contributed by atoms with Gasteiger partial charge in [-0.3, -0.25) is 4.79 Å². The molecule has 138 valence electrons. The van der Waals surface area contributed by atoms with E-state index in [1.165, 1.54) is 16.4 Å². The molecule has 0 aliphatic carbocycles. The lowest BCUT2D eigenvalue weighted by Crippen LogP contribution is -2.51. The van der Waals surface area contributed by atoms with Crippen LogP contribution in [0.2, 0.25) is 0 Å². The van der Waals surface area contributed by atoms with Crippen LogP contribution in [0.1, 0.15) is 24.8 Å². The second-order valence-electron chi connectivity index (χ2n) is 6.73. The van der Waals surface area contributed by atoms with Crippen molar-refractivity contribution in [3.8, 4) is 0 Å². The van der Waals surface area contributed by atoms with E-state index in [-0.39, 0.29) is 30.1 Å². The molecule has 0 aromatic heterocycles. The molecule has 2 aliphatic heterocycles. The summed E-state index contributed by atoms with van der Waals surface area (Å²) in [6.07, 6.45) is 2.25. The molecule has 2 saturated heterocycles. The maximum Gasteiger partial charge on any atom is 0.252 e. The van der Waals surface area contributed by atoms with Crippen molar-refractivity contribution in [3.63, 3.8) is 0 Å². The van der Waals surface area contributed by atoms with E-state index in [2.05, 4.69) is 5.32 Å². The lowest BCUT2D eigenvalue weighted by atomic mass is 9.90. The van der Waals surface area contributed by atoms with Gasteiger partial charge in [-0.1, -0.05) is 12.1 Å². The predicted molar refractivity (Wildman–Crippen MR) is 91.0 cm³/mol. The van der Waals surface area contributed by atoms with Gasteiger partial charge >= 0.3 is 0 Å². The Balaban J connectivity index is 1.66.